The van der Waals surface area contributed by atoms with Gasteiger partial charge in [-0.05, 0) is 42.0 Å². The maximum absolute atomic E-state index is 8.99. The van der Waals surface area contributed by atoms with Gasteiger partial charge in [0.15, 0.2) is 0 Å². The minimum absolute atomic E-state index is 0.257. The molecule has 2 N–H and O–H groups in total. The summed E-state index contributed by atoms with van der Waals surface area (Å²) >= 11 is 3.50. The summed E-state index contributed by atoms with van der Waals surface area (Å²) in [6.07, 6.45) is 2.32. The second kappa shape index (κ2) is 5.30. The van der Waals surface area contributed by atoms with E-state index in [0.29, 0.717) is 12.0 Å². The van der Waals surface area contributed by atoms with Crippen LogP contribution in [0.1, 0.15) is 30.5 Å². The second-order valence-electron chi connectivity index (χ2n) is 4.63. The van der Waals surface area contributed by atoms with E-state index in [4.69, 9.17) is 5.11 Å². The molecule has 0 radical (unpaired) electrons. The monoisotopic (exact) mass is 283 g/mol. The molecule has 1 aromatic rings. The van der Waals surface area contributed by atoms with Crippen molar-refractivity contribution in [2.45, 2.75) is 25.8 Å². The van der Waals surface area contributed by atoms with Gasteiger partial charge in [-0.2, -0.15) is 0 Å². The fraction of sp³-hybridized carbons (Fsp3) is 0.538. The van der Waals surface area contributed by atoms with E-state index in [1.54, 1.807) is 0 Å². The van der Waals surface area contributed by atoms with Crippen molar-refractivity contribution in [1.82, 2.24) is 5.32 Å². The fourth-order valence-corrected chi connectivity index (χ4v) is 2.61. The molecular weight excluding hydrogens is 266 g/mol. The van der Waals surface area contributed by atoms with Gasteiger partial charge in [-0.1, -0.05) is 28.9 Å². The van der Waals surface area contributed by atoms with Gasteiger partial charge in [0.2, 0.25) is 0 Å². The van der Waals surface area contributed by atoms with Crippen molar-refractivity contribution in [2.75, 3.05) is 13.2 Å². The lowest BCUT2D eigenvalue weighted by molar-refractivity contribution is 0.230. The molecule has 2 unspecified atom stereocenters. The largest absolute Gasteiger partial charge is 0.396 e. The fourth-order valence-electron chi connectivity index (χ4n) is 2.21. The first kappa shape index (κ1) is 12.1. The Hall–Kier alpha value is -0.380. The van der Waals surface area contributed by atoms with Gasteiger partial charge in [0.25, 0.3) is 0 Å². The molecule has 0 amide bonds. The van der Waals surface area contributed by atoms with E-state index in [1.165, 1.54) is 17.5 Å². The number of aliphatic hydroxyl groups is 1. The van der Waals surface area contributed by atoms with Crippen LogP contribution in [-0.2, 0) is 6.42 Å². The van der Waals surface area contributed by atoms with E-state index in [0.717, 1.165) is 17.4 Å². The quantitative estimate of drug-likeness (QED) is 0.891. The Kier molecular flexibility index (Phi) is 4.00. The minimum atomic E-state index is 0.257. The molecule has 2 rings (SSSR count). The first-order valence-corrected chi connectivity index (χ1v) is 6.62. The normalized spacial score (nSPS) is 20.8. The van der Waals surface area contributed by atoms with Crippen molar-refractivity contribution in [1.29, 1.82) is 0 Å². The van der Waals surface area contributed by atoms with E-state index in [9.17, 15) is 0 Å². The highest BCUT2D eigenvalue weighted by molar-refractivity contribution is 9.10. The van der Waals surface area contributed by atoms with Crippen LogP contribution in [0.15, 0.2) is 22.7 Å². The van der Waals surface area contributed by atoms with Crippen LogP contribution < -0.4 is 5.32 Å². The summed E-state index contributed by atoms with van der Waals surface area (Å²) in [5.41, 5.74) is 2.87. The number of halogens is 1. The molecule has 1 aliphatic carbocycles. The van der Waals surface area contributed by atoms with Crippen LogP contribution in [0.25, 0.3) is 0 Å². The van der Waals surface area contributed by atoms with E-state index in [2.05, 4.69) is 46.4 Å². The average Bonchev–Trinajstić information content (AvgIpc) is 2.68. The molecular formula is C13H18BrNO. The van der Waals surface area contributed by atoms with Crippen LogP contribution in [0.5, 0.6) is 0 Å². The molecule has 1 aromatic carbocycles. The number of rotatable bonds is 4. The summed E-state index contributed by atoms with van der Waals surface area (Å²) in [6.45, 7) is 3.20. The molecule has 2 nitrogen and oxygen atoms in total. The number of nitrogens with one attached hydrogen (secondary N) is 1. The smallest absolute Gasteiger partial charge is 0.0468 e. The van der Waals surface area contributed by atoms with Crippen LogP contribution in [0.4, 0.5) is 0 Å². The van der Waals surface area contributed by atoms with Gasteiger partial charge in [-0.25, -0.2) is 0 Å². The first-order valence-electron chi connectivity index (χ1n) is 5.83. The molecule has 2 atom stereocenters. The van der Waals surface area contributed by atoms with Gasteiger partial charge in [0.05, 0.1) is 0 Å². The van der Waals surface area contributed by atoms with Crippen molar-refractivity contribution < 1.29 is 5.11 Å². The lowest BCUT2D eigenvalue weighted by Crippen LogP contribution is -2.26. The summed E-state index contributed by atoms with van der Waals surface area (Å²) in [6, 6.07) is 6.99. The van der Waals surface area contributed by atoms with Gasteiger partial charge in [0.1, 0.15) is 0 Å². The zero-order valence-electron chi connectivity index (χ0n) is 9.54. The van der Waals surface area contributed by atoms with E-state index in [1.807, 2.05) is 0 Å². The van der Waals surface area contributed by atoms with Gasteiger partial charge in [-0.3, -0.25) is 0 Å². The van der Waals surface area contributed by atoms with Gasteiger partial charge < -0.3 is 10.4 Å². The number of aliphatic hydroxyl groups excluding tert-OH is 1. The van der Waals surface area contributed by atoms with Gasteiger partial charge in [0, 0.05) is 23.7 Å². The second-order valence-corrected chi connectivity index (χ2v) is 5.55. The molecule has 0 heterocycles. The first-order chi connectivity index (χ1) is 7.70. The average molecular weight is 284 g/mol. The third-order valence-electron chi connectivity index (χ3n) is 3.21. The topological polar surface area (TPSA) is 32.3 Å². The highest BCUT2D eigenvalue weighted by Crippen LogP contribution is 2.32. The Morgan fingerprint density at radius 1 is 1.56 bits per heavy atom. The van der Waals surface area contributed by atoms with E-state index < -0.39 is 0 Å². The predicted molar refractivity (Wildman–Crippen MR) is 69.5 cm³/mol. The summed E-state index contributed by atoms with van der Waals surface area (Å²) < 4.78 is 1.16. The van der Waals surface area contributed by atoms with Crippen molar-refractivity contribution in [2.24, 2.45) is 5.92 Å². The SMILES string of the molecule is CC(CO)CNC1CCc2cc(Br)ccc21. The summed E-state index contributed by atoms with van der Waals surface area (Å²) in [4.78, 5) is 0. The number of benzene rings is 1. The highest BCUT2D eigenvalue weighted by Gasteiger charge is 2.22. The van der Waals surface area contributed by atoms with E-state index >= 15 is 0 Å². The van der Waals surface area contributed by atoms with Crippen molar-refractivity contribution in [3.8, 4) is 0 Å². The van der Waals surface area contributed by atoms with Crippen LogP contribution in [-0.4, -0.2) is 18.3 Å². The molecule has 1 aliphatic rings. The standard InChI is InChI=1S/C13H18BrNO/c1-9(8-16)7-15-13-5-2-10-6-11(14)3-4-12(10)13/h3-4,6,9,13,15-16H,2,5,7-8H2,1H3. The van der Waals surface area contributed by atoms with Crippen molar-refractivity contribution in [3.05, 3.63) is 33.8 Å². The number of hydrogen-bond acceptors (Lipinski definition) is 2. The van der Waals surface area contributed by atoms with Crippen LogP contribution in [0.3, 0.4) is 0 Å². The molecule has 0 saturated heterocycles. The zero-order valence-corrected chi connectivity index (χ0v) is 11.1. The third kappa shape index (κ3) is 2.65. The molecule has 0 aliphatic heterocycles. The van der Waals surface area contributed by atoms with Crippen molar-refractivity contribution in [3.63, 3.8) is 0 Å². The highest BCUT2D eigenvalue weighted by atomic mass is 79.9. The Labute approximate surface area is 105 Å². The minimum Gasteiger partial charge on any atom is -0.396 e. The molecule has 0 spiro atoms. The lowest BCUT2D eigenvalue weighted by atomic mass is 10.1. The maximum Gasteiger partial charge on any atom is 0.0468 e. The maximum atomic E-state index is 8.99. The van der Waals surface area contributed by atoms with Crippen molar-refractivity contribution >= 4 is 15.9 Å². The van der Waals surface area contributed by atoms with Gasteiger partial charge >= 0.3 is 0 Å². The summed E-state index contributed by atoms with van der Waals surface area (Å²) in [7, 11) is 0. The Bertz CT molecular complexity index is 367. The Morgan fingerprint density at radius 2 is 2.38 bits per heavy atom. The summed E-state index contributed by atoms with van der Waals surface area (Å²) in [5, 5.41) is 12.5. The molecule has 0 aromatic heterocycles. The van der Waals surface area contributed by atoms with Crippen LogP contribution in [0.2, 0.25) is 0 Å². The summed E-state index contributed by atoms with van der Waals surface area (Å²) in [5.74, 6) is 0.333. The molecule has 3 heteroatoms. The Morgan fingerprint density at radius 3 is 3.12 bits per heavy atom. The number of fused-ring (bicyclic) bond motifs is 1. The molecule has 0 fully saturated rings. The number of hydrogen-bond donors (Lipinski definition) is 2. The Balaban J connectivity index is 2.01. The zero-order chi connectivity index (χ0) is 11.5. The molecule has 88 valence electrons. The lowest BCUT2D eigenvalue weighted by Gasteiger charge is -2.16. The molecule has 0 bridgehead atoms. The molecule has 16 heavy (non-hydrogen) atoms. The predicted octanol–water partition coefficient (Wildman–Crippen LogP) is 2.65. The van der Waals surface area contributed by atoms with Crippen LogP contribution in [0, 0.1) is 5.92 Å². The van der Waals surface area contributed by atoms with E-state index in [-0.39, 0.29) is 6.61 Å². The molecule has 0 saturated carbocycles. The number of aryl methyl sites for hydroxylation is 1. The third-order valence-corrected chi connectivity index (χ3v) is 3.70. The van der Waals surface area contributed by atoms with Gasteiger partial charge in [-0.15, -0.1) is 0 Å². The van der Waals surface area contributed by atoms with Crippen LogP contribution >= 0.6 is 15.9 Å².